The number of halogens is 1. The Morgan fingerprint density at radius 2 is 1.89 bits per heavy atom. The maximum Gasteiger partial charge on any atom is 0.240 e. The van der Waals surface area contributed by atoms with Gasteiger partial charge in [-0.05, 0) is 36.8 Å². The Hall–Kier alpha value is -2.64. The Kier molecular flexibility index (Phi) is 6.26. The molecule has 1 aliphatic heterocycles. The smallest absolute Gasteiger partial charge is 0.240 e. The van der Waals surface area contributed by atoms with E-state index in [1.165, 1.54) is 11.8 Å². The van der Waals surface area contributed by atoms with Crippen LogP contribution in [0.4, 0.5) is 5.69 Å². The molecule has 0 spiro atoms. The van der Waals surface area contributed by atoms with Crippen molar-refractivity contribution < 1.29 is 9.59 Å². The zero-order valence-electron chi connectivity index (χ0n) is 14.5. The molecule has 2 aromatic carbocycles. The highest BCUT2D eigenvalue weighted by Crippen LogP contribution is 2.23. The number of anilines is 1. The SMILES string of the molecule is C/C(=N/N=C1\NC(=O)[C@@H](CC(=O)Nc2ccc(Cl)cc2)S1)c1ccccc1. The van der Waals surface area contributed by atoms with E-state index in [0.29, 0.717) is 15.9 Å². The van der Waals surface area contributed by atoms with Crippen LogP contribution in [0.25, 0.3) is 0 Å². The van der Waals surface area contributed by atoms with Gasteiger partial charge in [-0.15, -0.1) is 5.10 Å². The summed E-state index contributed by atoms with van der Waals surface area (Å²) in [7, 11) is 0. The predicted molar refractivity (Wildman–Crippen MR) is 110 cm³/mol. The standard InChI is InChI=1S/C19H17ClN4O2S/c1-12(13-5-3-2-4-6-13)23-24-19-22-18(26)16(27-19)11-17(25)21-15-9-7-14(20)8-10-15/h2-10,16H,11H2,1H3,(H,21,25)(H,22,24,26)/b23-12-/t16-/m1/s1. The fraction of sp³-hybridized carbons (Fsp3) is 0.158. The number of hydrogen-bond acceptors (Lipinski definition) is 5. The summed E-state index contributed by atoms with van der Waals surface area (Å²) in [5.74, 6) is -0.507. The van der Waals surface area contributed by atoms with Gasteiger partial charge in [-0.3, -0.25) is 9.59 Å². The molecule has 2 amide bonds. The van der Waals surface area contributed by atoms with E-state index in [1.807, 2.05) is 37.3 Å². The highest BCUT2D eigenvalue weighted by Gasteiger charge is 2.32. The number of rotatable bonds is 5. The Bertz CT molecular complexity index is 898. The first-order valence-electron chi connectivity index (χ1n) is 8.22. The third kappa shape index (κ3) is 5.42. The maximum absolute atomic E-state index is 12.2. The third-order valence-corrected chi connectivity index (χ3v) is 5.08. The Labute approximate surface area is 166 Å². The second-order valence-electron chi connectivity index (χ2n) is 5.81. The molecular formula is C19H17ClN4O2S. The topological polar surface area (TPSA) is 82.9 Å². The second-order valence-corrected chi connectivity index (χ2v) is 7.44. The van der Waals surface area contributed by atoms with Crippen molar-refractivity contribution in [1.29, 1.82) is 0 Å². The number of hydrogen-bond donors (Lipinski definition) is 2. The van der Waals surface area contributed by atoms with Crippen LogP contribution in [-0.2, 0) is 9.59 Å². The Morgan fingerprint density at radius 3 is 2.59 bits per heavy atom. The molecule has 2 aromatic rings. The number of amides is 2. The van der Waals surface area contributed by atoms with Gasteiger partial charge in [0, 0.05) is 17.1 Å². The molecule has 0 bridgehead atoms. The van der Waals surface area contributed by atoms with Gasteiger partial charge in [0.2, 0.25) is 11.8 Å². The van der Waals surface area contributed by atoms with Crippen LogP contribution >= 0.6 is 23.4 Å². The van der Waals surface area contributed by atoms with Crippen molar-refractivity contribution in [3.05, 3.63) is 65.2 Å². The summed E-state index contributed by atoms with van der Waals surface area (Å²) >= 11 is 7.02. The van der Waals surface area contributed by atoms with Gasteiger partial charge in [0.15, 0.2) is 5.17 Å². The minimum atomic E-state index is -0.539. The van der Waals surface area contributed by atoms with Crippen LogP contribution in [0.3, 0.4) is 0 Å². The normalized spacial score (nSPS) is 18.4. The molecule has 1 fully saturated rings. The van der Waals surface area contributed by atoms with Gasteiger partial charge < -0.3 is 10.6 Å². The van der Waals surface area contributed by atoms with Crippen LogP contribution in [0.15, 0.2) is 64.8 Å². The quantitative estimate of drug-likeness (QED) is 0.593. The summed E-state index contributed by atoms with van der Waals surface area (Å²) in [5.41, 5.74) is 2.32. The van der Waals surface area contributed by atoms with Crippen LogP contribution in [0.2, 0.25) is 5.02 Å². The van der Waals surface area contributed by atoms with E-state index >= 15 is 0 Å². The number of carbonyl (C=O) groups is 2. The van der Waals surface area contributed by atoms with Gasteiger partial charge in [-0.1, -0.05) is 53.7 Å². The van der Waals surface area contributed by atoms with Crippen LogP contribution in [0, 0.1) is 0 Å². The molecule has 0 saturated carbocycles. The molecule has 2 N–H and O–H groups in total. The molecule has 0 aromatic heterocycles. The minimum Gasteiger partial charge on any atom is -0.326 e. The Morgan fingerprint density at radius 1 is 1.19 bits per heavy atom. The zero-order valence-corrected chi connectivity index (χ0v) is 16.1. The lowest BCUT2D eigenvalue weighted by molar-refractivity contribution is -0.122. The monoisotopic (exact) mass is 400 g/mol. The average molecular weight is 401 g/mol. The van der Waals surface area contributed by atoms with Crippen molar-refractivity contribution in [1.82, 2.24) is 5.32 Å². The Balaban J connectivity index is 1.58. The van der Waals surface area contributed by atoms with Crippen LogP contribution in [-0.4, -0.2) is 27.9 Å². The average Bonchev–Trinajstić information content (AvgIpc) is 3.01. The van der Waals surface area contributed by atoms with Crippen molar-refractivity contribution in [3.8, 4) is 0 Å². The first-order chi connectivity index (χ1) is 13.0. The van der Waals surface area contributed by atoms with Crippen LogP contribution in [0.1, 0.15) is 18.9 Å². The van der Waals surface area contributed by atoms with Gasteiger partial charge in [-0.2, -0.15) is 5.10 Å². The van der Waals surface area contributed by atoms with E-state index in [1.54, 1.807) is 24.3 Å². The summed E-state index contributed by atoms with van der Waals surface area (Å²) in [4.78, 5) is 24.2. The van der Waals surface area contributed by atoms with Crippen LogP contribution in [0.5, 0.6) is 0 Å². The van der Waals surface area contributed by atoms with E-state index in [-0.39, 0.29) is 18.2 Å². The van der Waals surface area contributed by atoms with E-state index < -0.39 is 5.25 Å². The summed E-state index contributed by atoms with van der Waals surface area (Å²) in [6.45, 7) is 1.85. The maximum atomic E-state index is 12.2. The van der Waals surface area contributed by atoms with Gasteiger partial charge in [-0.25, -0.2) is 0 Å². The fourth-order valence-corrected chi connectivity index (χ4v) is 3.40. The van der Waals surface area contributed by atoms with Crippen molar-refractivity contribution in [2.24, 2.45) is 10.2 Å². The molecule has 0 aliphatic carbocycles. The number of thioether (sulfide) groups is 1. The highest BCUT2D eigenvalue weighted by molar-refractivity contribution is 8.15. The minimum absolute atomic E-state index is 0.0412. The molecule has 1 aliphatic rings. The van der Waals surface area contributed by atoms with E-state index in [0.717, 1.165) is 11.3 Å². The first-order valence-corrected chi connectivity index (χ1v) is 9.47. The summed E-state index contributed by atoms with van der Waals surface area (Å²) in [6.07, 6.45) is 0.0412. The molecule has 6 nitrogen and oxygen atoms in total. The number of nitrogens with one attached hydrogen (secondary N) is 2. The molecule has 1 saturated heterocycles. The van der Waals surface area contributed by atoms with Crippen molar-refractivity contribution in [2.45, 2.75) is 18.6 Å². The van der Waals surface area contributed by atoms with Crippen molar-refractivity contribution in [2.75, 3.05) is 5.32 Å². The summed E-state index contributed by atoms with van der Waals surface area (Å²) < 4.78 is 0. The number of benzene rings is 2. The predicted octanol–water partition coefficient (Wildman–Crippen LogP) is 3.68. The largest absolute Gasteiger partial charge is 0.326 e. The first kappa shape index (κ1) is 19.1. The molecule has 8 heteroatoms. The molecular weight excluding hydrogens is 384 g/mol. The lowest BCUT2D eigenvalue weighted by atomic mass is 10.1. The van der Waals surface area contributed by atoms with E-state index in [9.17, 15) is 9.59 Å². The van der Waals surface area contributed by atoms with Gasteiger partial charge in [0.1, 0.15) is 5.25 Å². The van der Waals surface area contributed by atoms with Crippen LogP contribution < -0.4 is 10.6 Å². The molecule has 138 valence electrons. The zero-order chi connectivity index (χ0) is 19.2. The van der Waals surface area contributed by atoms with Crippen molar-refractivity contribution in [3.63, 3.8) is 0 Å². The lowest BCUT2D eigenvalue weighted by Gasteiger charge is -2.07. The third-order valence-electron chi connectivity index (χ3n) is 3.76. The molecule has 27 heavy (non-hydrogen) atoms. The fourth-order valence-electron chi connectivity index (χ4n) is 2.36. The lowest BCUT2D eigenvalue weighted by Crippen LogP contribution is -2.28. The number of amidine groups is 1. The molecule has 1 heterocycles. The molecule has 0 radical (unpaired) electrons. The van der Waals surface area contributed by atoms with Gasteiger partial charge >= 0.3 is 0 Å². The highest BCUT2D eigenvalue weighted by atomic mass is 35.5. The van der Waals surface area contributed by atoms with Gasteiger partial charge in [0.05, 0.1) is 5.71 Å². The molecule has 0 unspecified atom stereocenters. The number of carbonyl (C=O) groups excluding carboxylic acids is 2. The summed E-state index contributed by atoms with van der Waals surface area (Å²) in [6, 6.07) is 16.4. The number of nitrogens with zero attached hydrogens (tertiary/aromatic N) is 2. The molecule has 3 rings (SSSR count). The molecule has 1 atom stereocenters. The second kappa shape index (κ2) is 8.83. The summed E-state index contributed by atoms with van der Waals surface area (Å²) in [5, 5.41) is 14.1. The van der Waals surface area contributed by atoms with Gasteiger partial charge in [0.25, 0.3) is 0 Å². The van der Waals surface area contributed by atoms with E-state index in [2.05, 4.69) is 20.8 Å². The van der Waals surface area contributed by atoms with E-state index in [4.69, 9.17) is 11.6 Å². The van der Waals surface area contributed by atoms with Crippen molar-refractivity contribution >= 4 is 51.7 Å².